The number of nitrogens with one attached hydrogen (secondary N) is 1. The van der Waals surface area contributed by atoms with Gasteiger partial charge in [-0.15, -0.1) is 0 Å². The van der Waals surface area contributed by atoms with Crippen molar-refractivity contribution in [1.82, 2.24) is 5.32 Å². The van der Waals surface area contributed by atoms with Crippen LogP contribution in [0.4, 0.5) is 0 Å². The molecule has 0 aliphatic rings. The van der Waals surface area contributed by atoms with Gasteiger partial charge in [0.15, 0.2) is 0 Å². The molecule has 20 heavy (non-hydrogen) atoms. The molecule has 0 bridgehead atoms. The zero-order valence-corrected chi connectivity index (χ0v) is 12.6. The van der Waals surface area contributed by atoms with Crippen molar-refractivity contribution in [3.05, 3.63) is 64.7 Å². The van der Waals surface area contributed by atoms with Crippen LogP contribution in [-0.2, 0) is 13.0 Å². The Hall–Kier alpha value is -1.80. The van der Waals surface area contributed by atoms with E-state index >= 15 is 0 Å². The van der Waals surface area contributed by atoms with Gasteiger partial charge in [-0.25, -0.2) is 0 Å². The predicted octanol–water partition coefficient (Wildman–Crippen LogP) is 3.64. The third-order valence-electron chi connectivity index (χ3n) is 3.29. The van der Waals surface area contributed by atoms with Gasteiger partial charge in [0.05, 0.1) is 0 Å². The van der Waals surface area contributed by atoms with Crippen molar-refractivity contribution in [2.45, 2.75) is 26.9 Å². The zero-order valence-electron chi connectivity index (χ0n) is 12.6. The molecule has 0 aliphatic carbocycles. The molecule has 0 radical (unpaired) electrons. The SMILES string of the molecule is CNCCc1ccc(COc2cc(C)cc(C)c2)cc1. The van der Waals surface area contributed by atoms with Crippen molar-refractivity contribution in [3.8, 4) is 5.75 Å². The fourth-order valence-electron chi connectivity index (χ4n) is 2.25. The van der Waals surface area contributed by atoms with E-state index in [1.807, 2.05) is 7.05 Å². The lowest BCUT2D eigenvalue weighted by molar-refractivity contribution is 0.306. The minimum Gasteiger partial charge on any atom is -0.489 e. The second kappa shape index (κ2) is 7.11. The lowest BCUT2D eigenvalue weighted by atomic mass is 10.1. The van der Waals surface area contributed by atoms with Crippen LogP contribution in [0.15, 0.2) is 42.5 Å². The molecular formula is C18H23NO. The van der Waals surface area contributed by atoms with Crippen LogP contribution in [0.3, 0.4) is 0 Å². The molecule has 2 heteroatoms. The second-order valence-electron chi connectivity index (χ2n) is 5.28. The van der Waals surface area contributed by atoms with Gasteiger partial charge in [0, 0.05) is 0 Å². The first-order valence-electron chi connectivity index (χ1n) is 7.11. The van der Waals surface area contributed by atoms with Crippen LogP contribution in [0.1, 0.15) is 22.3 Å². The van der Waals surface area contributed by atoms with Gasteiger partial charge in [0.2, 0.25) is 0 Å². The lowest BCUT2D eigenvalue weighted by Gasteiger charge is -2.09. The van der Waals surface area contributed by atoms with Crippen LogP contribution in [0.25, 0.3) is 0 Å². The molecular weight excluding hydrogens is 246 g/mol. The standard InChI is InChI=1S/C18H23NO/c1-14-10-15(2)12-18(11-14)20-13-17-6-4-16(5-7-17)8-9-19-3/h4-7,10-12,19H,8-9,13H2,1-3H3. The molecule has 0 fully saturated rings. The summed E-state index contributed by atoms with van der Waals surface area (Å²) in [5, 5.41) is 3.16. The Labute approximate surface area is 121 Å². The molecule has 1 N–H and O–H groups in total. The van der Waals surface area contributed by atoms with Gasteiger partial charge in [0.1, 0.15) is 12.4 Å². The maximum absolute atomic E-state index is 5.86. The minimum atomic E-state index is 0.620. The number of ether oxygens (including phenoxy) is 1. The molecule has 0 spiro atoms. The number of hydrogen-bond donors (Lipinski definition) is 1. The van der Waals surface area contributed by atoms with Gasteiger partial charge >= 0.3 is 0 Å². The van der Waals surface area contributed by atoms with Crippen molar-refractivity contribution in [1.29, 1.82) is 0 Å². The van der Waals surface area contributed by atoms with Crippen LogP contribution in [-0.4, -0.2) is 13.6 Å². The van der Waals surface area contributed by atoms with E-state index in [0.29, 0.717) is 6.61 Å². The Morgan fingerprint density at radius 2 is 1.50 bits per heavy atom. The molecule has 0 amide bonds. The molecule has 0 unspecified atom stereocenters. The highest BCUT2D eigenvalue weighted by molar-refractivity contribution is 5.33. The van der Waals surface area contributed by atoms with Crippen LogP contribution in [0, 0.1) is 13.8 Å². The van der Waals surface area contributed by atoms with Crippen LogP contribution in [0.2, 0.25) is 0 Å². The minimum absolute atomic E-state index is 0.620. The molecule has 0 saturated carbocycles. The first-order chi connectivity index (χ1) is 9.67. The Balaban J connectivity index is 1.93. The van der Waals surface area contributed by atoms with E-state index in [4.69, 9.17) is 4.74 Å². The Kier molecular flexibility index (Phi) is 5.19. The van der Waals surface area contributed by atoms with E-state index in [-0.39, 0.29) is 0 Å². The molecule has 2 rings (SSSR count). The van der Waals surface area contributed by atoms with E-state index in [2.05, 4.69) is 61.6 Å². The summed E-state index contributed by atoms with van der Waals surface area (Å²) in [4.78, 5) is 0. The molecule has 2 aromatic carbocycles. The largest absolute Gasteiger partial charge is 0.489 e. The fourth-order valence-corrected chi connectivity index (χ4v) is 2.25. The molecule has 0 aliphatic heterocycles. The Morgan fingerprint density at radius 1 is 0.900 bits per heavy atom. The summed E-state index contributed by atoms with van der Waals surface area (Å²) in [6, 6.07) is 15.0. The first kappa shape index (κ1) is 14.6. The fraction of sp³-hybridized carbons (Fsp3) is 0.333. The quantitative estimate of drug-likeness (QED) is 0.864. The topological polar surface area (TPSA) is 21.3 Å². The van der Waals surface area contributed by atoms with Gasteiger partial charge in [-0.2, -0.15) is 0 Å². The molecule has 106 valence electrons. The maximum Gasteiger partial charge on any atom is 0.120 e. The van der Waals surface area contributed by atoms with Crippen LogP contribution >= 0.6 is 0 Å². The van der Waals surface area contributed by atoms with Crippen LogP contribution < -0.4 is 10.1 Å². The number of likely N-dealkylation sites (N-methyl/N-ethyl adjacent to an activating group) is 1. The summed E-state index contributed by atoms with van der Waals surface area (Å²) >= 11 is 0. The molecule has 0 saturated heterocycles. The summed E-state index contributed by atoms with van der Waals surface area (Å²) in [5.74, 6) is 0.946. The van der Waals surface area contributed by atoms with Crippen molar-refractivity contribution in [2.75, 3.05) is 13.6 Å². The Bertz CT molecular complexity index is 526. The van der Waals surface area contributed by atoms with Crippen LogP contribution in [0.5, 0.6) is 5.75 Å². The van der Waals surface area contributed by atoms with Crippen molar-refractivity contribution in [3.63, 3.8) is 0 Å². The average Bonchev–Trinajstić information content (AvgIpc) is 2.43. The van der Waals surface area contributed by atoms with E-state index in [0.717, 1.165) is 18.7 Å². The zero-order chi connectivity index (χ0) is 14.4. The van der Waals surface area contributed by atoms with Crippen molar-refractivity contribution in [2.24, 2.45) is 0 Å². The van der Waals surface area contributed by atoms with Crippen molar-refractivity contribution >= 4 is 0 Å². The number of hydrogen-bond acceptors (Lipinski definition) is 2. The molecule has 2 aromatic rings. The average molecular weight is 269 g/mol. The smallest absolute Gasteiger partial charge is 0.120 e. The summed E-state index contributed by atoms with van der Waals surface area (Å²) in [6.07, 6.45) is 1.06. The number of rotatable bonds is 6. The molecule has 0 aromatic heterocycles. The highest BCUT2D eigenvalue weighted by Gasteiger charge is 1.99. The van der Waals surface area contributed by atoms with E-state index in [1.54, 1.807) is 0 Å². The third-order valence-corrected chi connectivity index (χ3v) is 3.29. The number of aryl methyl sites for hydroxylation is 2. The summed E-state index contributed by atoms with van der Waals surface area (Å²) in [5.41, 5.74) is 5.04. The van der Waals surface area contributed by atoms with Gasteiger partial charge in [-0.1, -0.05) is 30.3 Å². The van der Waals surface area contributed by atoms with E-state index < -0.39 is 0 Å². The van der Waals surface area contributed by atoms with Gasteiger partial charge in [-0.05, 0) is 68.2 Å². The van der Waals surface area contributed by atoms with E-state index in [9.17, 15) is 0 Å². The summed E-state index contributed by atoms with van der Waals surface area (Å²) in [6.45, 7) is 5.82. The van der Waals surface area contributed by atoms with Gasteiger partial charge < -0.3 is 10.1 Å². The Morgan fingerprint density at radius 3 is 2.10 bits per heavy atom. The highest BCUT2D eigenvalue weighted by atomic mass is 16.5. The highest BCUT2D eigenvalue weighted by Crippen LogP contribution is 2.17. The molecule has 0 heterocycles. The van der Waals surface area contributed by atoms with Gasteiger partial charge in [-0.3, -0.25) is 0 Å². The first-order valence-corrected chi connectivity index (χ1v) is 7.11. The second-order valence-corrected chi connectivity index (χ2v) is 5.28. The maximum atomic E-state index is 5.86. The molecule has 0 atom stereocenters. The summed E-state index contributed by atoms with van der Waals surface area (Å²) < 4.78 is 5.86. The lowest BCUT2D eigenvalue weighted by Crippen LogP contribution is -2.10. The van der Waals surface area contributed by atoms with Gasteiger partial charge in [0.25, 0.3) is 0 Å². The number of benzene rings is 2. The molecule has 2 nitrogen and oxygen atoms in total. The third kappa shape index (κ3) is 4.39. The summed E-state index contributed by atoms with van der Waals surface area (Å²) in [7, 11) is 1.98. The normalized spacial score (nSPS) is 10.6. The van der Waals surface area contributed by atoms with E-state index in [1.165, 1.54) is 22.3 Å². The predicted molar refractivity (Wildman–Crippen MR) is 84.3 cm³/mol. The monoisotopic (exact) mass is 269 g/mol. The van der Waals surface area contributed by atoms with Crippen molar-refractivity contribution < 1.29 is 4.74 Å².